The van der Waals surface area contributed by atoms with E-state index in [1.807, 2.05) is 6.92 Å². The predicted molar refractivity (Wildman–Crippen MR) is 136 cm³/mol. The van der Waals surface area contributed by atoms with E-state index in [1.165, 1.54) is 11.8 Å². The molecule has 0 aliphatic carbocycles. The van der Waals surface area contributed by atoms with Gasteiger partial charge >= 0.3 is 0 Å². The lowest BCUT2D eigenvalue weighted by atomic mass is 10.1. The van der Waals surface area contributed by atoms with E-state index in [-0.39, 0.29) is 42.3 Å². The highest BCUT2D eigenvalue weighted by molar-refractivity contribution is 7.80. The number of thiocarbonyl (C=S) groups is 1. The van der Waals surface area contributed by atoms with Crippen molar-refractivity contribution in [1.82, 2.24) is 10.2 Å². The number of ether oxygens (including phenoxy) is 1. The molecule has 0 spiro atoms. The maximum atomic E-state index is 13.3. The molecular formula is C24H27ClN4O4S. The molecule has 8 nitrogen and oxygen atoms in total. The zero-order valence-electron chi connectivity index (χ0n) is 19.0. The molecule has 0 radical (unpaired) electrons. The molecule has 10 heteroatoms. The molecule has 1 aliphatic heterocycles. The van der Waals surface area contributed by atoms with Gasteiger partial charge in [-0.1, -0.05) is 24.6 Å². The van der Waals surface area contributed by atoms with Crippen LogP contribution in [-0.4, -0.2) is 53.5 Å². The van der Waals surface area contributed by atoms with Crippen LogP contribution in [0.1, 0.15) is 26.7 Å². The molecule has 180 valence electrons. The first-order valence-corrected chi connectivity index (χ1v) is 11.8. The first-order chi connectivity index (χ1) is 16.3. The van der Waals surface area contributed by atoms with Crippen LogP contribution in [0.15, 0.2) is 48.5 Å². The van der Waals surface area contributed by atoms with Gasteiger partial charge in [0.05, 0.1) is 18.7 Å². The number of anilines is 2. The first kappa shape index (κ1) is 25.5. The molecule has 2 aromatic carbocycles. The van der Waals surface area contributed by atoms with Gasteiger partial charge in [0.25, 0.3) is 5.91 Å². The van der Waals surface area contributed by atoms with Crippen molar-refractivity contribution in [3.63, 3.8) is 0 Å². The summed E-state index contributed by atoms with van der Waals surface area (Å²) in [5, 5.41) is 6.24. The number of hydrogen-bond acceptors (Lipinski definition) is 5. The van der Waals surface area contributed by atoms with Gasteiger partial charge in [0, 0.05) is 30.7 Å². The second-order valence-corrected chi connectivity index (χ2v) is 8.55. The topological polar surface area (TPSA) is 91.0 Å². The summed E-state index contributed by atoms with van der Waals surface area (Å²) in [7, 11) is 0. The Labute approximate surface area is 209 Å². The Balaban J connectivity index is 1.74. The summed E-state index contributed by atoms with van der Waals surface area (Å²) in [5.41, 5.74) is 1.12. The van der Waals surface area contributed by atoms with Crippen molar-refractivity contribution >= 4 is 58.0 Å². The second kappa shape index (κ2) is 11.8. The van der Waals surface area contributed by atoms with Gasteiger partial charge in [-0.3, -0.25) is 19.3 Å². The molecule has 2 aromatic rings. The second-order valence-electron chi connectivity index (χ2n) is 7.75. The van der Waals surface area contributed by atoms with Gasteiger partial charge in [0.1, 0.15) is 11.8 Å². The van der Waals surface area contributed by atoms with Crippen LogP contribution >= 0.6 is 23.8 Å². The Hall–Kier alpha value is -3.17. The summed E-state index contributed by atoms with van der Waals surface area (Å²) in [5.74, 6) is -0.129. The summed E-state index contributed by atoms with van der Waals surface area (Å²) in [6, 6.07) is 13.0. The lowest BCUT2D eigenvalue weighted by molar-refractivity contribution is -0.124. The molecule has 1 saturated heterocycles. The van der Waals surface area contributed by atoms with Crippen LogP contribution in [0.2, 0.25) is 5.02 Å². The molecule has 0 bridgehead atoms. The van der Waals surface area contributed by atoms with Crippen molar-refractivity contribution in [2.45, 2.75) is 32.7 Å². The number of amides is 3. The monoisotopic (exact) mass is 502 g/mol. The summed E-state index contributed by atoms with van der Waals surface area (Å²) in [6.07, 6.45) is 0.796. The Morgan fingerprint density at radius 2 is 1.91 bits per heavy atom. The number of rotatable bonds is 10. The Kier molecular flexibility index (Phi) is 8.84. The normalized spacial score (nSPS) is 15.4. The van der Waals surface area contributed by atoms with Gasteiger partial charge < -0.3 is 20.3 Å². The molecule has 3 amide bonds. The number of carbonyl (C=O) groups is 3. The third-order valence-corrected chi connectivity index (χ3v) is 5.75. The number of nitrogens with one attached hydrogen (secondary N) is 2. The molecule has 1 aliphatic rings. The third-order valence-electron chi connectivity index (χ3n) is 5.10. The minimum absolute atomic E-state index is 0.107. The highest BCUT2D eigenvalue weighted by Gasteiger charge is 2.44. The quantitative estimate of drug-likeness (QED) is 0.482. The van der Waals surface area contributed by atoms with Gasteiger partial charge in [-0.25, -0.2) is 0 Å². The fraction of sp³-hybridized carbons (Fsp3) is 0.333. The molecular weight excluding hydrogens is 476 g/mol. The van der Waals surface area contributed by atoms with Crippen LogP contribution in [0.3, 0.4) is 0 Å². The average Bonchev–Trinajstić information content (AvgIpc) is 3.02. The minimum atomic E-state index is -0.813. The average molecular weight is 503 g/mol. The number of benzene rings is 2. The van der Waals surface area contributed by atoms with Gasteiger partial charge in [-0.2, -0.15) is 0 Å². The Morgan fingerprint density at radius 1 is 1.18 bits per heavy atom. The van der Waals surface area contributed by atoms with Gasteiger partial charge in [0.2, 0.25) is 11.8 Å². The van der Waals surface area contributed by atoms with Crippen molar-refractivity contribution in [3.8, 4) is 5.75 Å². The third kappa shape index (κ3) is 6.45. The first-order valence-electron chi connectivity index (χ1n) is 11.0. The van der Waals surface area contributed by atoms with Crippen molar-refractivity contribution in [3.05, 3.63) is 53.6 Å². The number of halogens is 1. The van der Waals surface area contributed by atoms with E-state index >= 15 is 0 Å². The fourth-order valence-electron chi connectivity index (χ4n) is 3.53. The SMILES string of the molecule is CCCOc1ccc(NC(=O)C[C@H]2C(=O)N(c3cccc(Cl)c3)C(=S)N2CCNC(C)=O)cc1. The fourth-order valence-corrected chi connectivity index (χ4v) is 4.13. The van der Waals surface area contributed by atoms with E-state index in [2.05, 4.69) is 10.6 Å². The van der Waals surface area contributed by atoms with Gasteiger partial charge in [-0.15, -0.1) is 0 Å². The van der Waals surface area contributed by atoms with E-state index in [9.17, 15) is 14.4 Å². The molecule has 34 heavy (non-hydrogen) atoms. The van der Waals surface area contributed by atoms with Crippen LogP contribution in [0.25, 0.3) is 0 Å². The van der Waals surface area contributed by atoms with Crippen molar-refractivity contribution < 1.29 is 19.1 Å². The number of hydrogen-bond donors (Lipinski definition) is 2. The van der Waals surface area contributed by atoms with Crippen molar-refractivity contribution in [1.29, 1.82) is 0 Å². The van der Waals surface area contributed by atoms with Crippen molar-refractivity contribution in [2.24, 2.45) is 0 Å². The van der Waals surface area contributed by atoms with Crippen LogP contribution in [0.5, 0.6) is 5.75 Å². The summed E-state index contributed by atoms with van der Waals surface area (Å²) >= 11 is 11.7. The van der Waals surface area contributed by atoms with E-state index < -0.39 is 6.04 Å². The molecule has 0 saturated carbocycles. The van der Waals surface area contributed by atoms with Crippen LogP contribution in [-0.2, 0) is 14.4 Å². The van der Waals surface area contributed by atoms with Crippen LogP contribution in [0, 0.1) is 0 Å². The summed E-state index contributed by atoms with van der Waals surface area (Å²) < 4.78 is 5.56. The number of nitrogens with zero attached hydrogens (tertiary/aromatic N) is 2. The molecule has 0 unspecified atom stereocenters. The molecule has 1 atom stereocenters. The van der Waals surface area contributed by atoms with Crippen LogP contribution < -0.4 is 20.3 Å². The Bertz CT molecular complexity index is 1060. The number of carbonyl (C=O) groups excluding carboxylic acids is 3. The van der Waals surface area contributed by atoms with Crippen molar-refractivity contribution in [2.75, 3.05) is 29.9 Å². The maximum absolute atomic E-state index is 13.3. The molecule has 2 N–H and O–H groups in total. The highest BCUT2D eigenvalue weighted by Crippen LogP contribution is 2.29. The Morgan fingerprint density at radius 3 is 2.56 bits per heavy atom. The predicted octanol–water partition coefficient (Wildman–Crippen LogP) is 3.60. The highest BCUT2D eigenvalue weighted by atomic mass is 35.5. The molecule has 1 heterocycles. The van der Waals surface area contributed by atoms with E-state index in [0.29, 0.717) is 23.0 Å². The van der Waals surface area contributed by atoms with E-state index in [4.69, 9.17) is 28.6 Å². The van der Waals surface area contributed by atoms with E-state index in [0.717, 1.165) is 12.2 Å². The lowest BCUT2D eigenvalue weighted by Gasteiger charge is -2.24. The zero-order valence-corrected chi connectivity index (χ0v) is 20.6. The zero-order chi connectivity index (χ0) is 24.7. The maximum Gasteiger partial charge on any atom is 0.256 e. The smallest absolute Gasteiger partial charge is 0.256 e. The largest absolute Gasteiger partial charge is 0.494 e. The van der Waals surface area contributed by atoms with Gasteiger partial charge in [-0.05, 0) is 61.1 Å². The molecule has 0 aromatic heterocycles. The summed E-state index contributed by atoms with van der Waals surface area (Å²) in [6.45, 7) is 4.62. The van der Waals surface area contributed by atoms with E-state index in [1.54, 1.807) is 53.4 Å². The molecule has 3 rings (SSSR count). The molecule has 1 fully saturated rings. The standard InChI is InChI=1S/C24H27ClN4O4S/c1-3-13-33-20-9-7-18(8-10-20)27-22(31)15-21-23(32)29(19-6-4-5-17(25)14-19)24(34)28(21)12-11-26-16(2)30/h4-10,14,21H,3,11-13,15H2,1-2H3,(H,26,30)(H,27,31)/t21-/m0/s1. The minimum Gasteiger partial charge on any atom is -0.494 e. The van der Waals surface area contributed by atoms with Crippen LogP contribution in [0.4, 0.5) is 11.4 Å². The lowest BCUT2D eigenvalue weighted by Crippen LogP contribution is -2.42. The summed E-state index contributed by atoms with van der Waals surface area (Å²) in [4.78, 5) is 40.5. The van der Waals surface area contributed by atoms with Gasteiger partial charge in [0.15, 0.2) is 5.11 Å².